The lowest BCUT2D eigenvalue weighted by molar-refractivity contribution is 0.492. The van der Waals surface area contributed by atoms with Crippen LogP contribution in [0.25, 0.3) is 0 Å². The van der Waals surface area contributed by atoms with Gasteiger partial charge in [-0.2, -0.15) is 0 Å². The van der Waals surface area contributed by atoms with Gasteiger partial charge in [-0.1, -0.05) is 73.6 Å². The molecule has 0 spiro atoms. The lowest BCUT2D eigenvalue weighted by atomic mass is 10.0. The Hall–Kier alpha value is 0. The summed E-state index contributed by atoms with van der Waals surface area (Å²) in [5.74, 6) is 1.84. The molecule has 82 valence electrons. The second-order valence-corrected chi connectivity index (χ2v) is 4.46. The van der Waals surface area contributed by atoms with Crippen LogP contribution < -0.4 is 0 Å². The zero-order chi connectivity index (χ0) is 10.7. The van der Waals surface area contributed by atoms with E-state index in [4.69, 9.17) is 0 Å². The normalized spacial score (nSPS) is 12.2. The maximum atomic E-state index is 2.33. The summed E-state index contributed by atoms with van der Waals surface area (Å²) in [4.78, 5) is 0. The number of hydrogen-bond acceptors (Lipinski definition) is 0. The molecule has 0 saturated carbocycles. The fraction of sp³-hybridized carbons (Fsp3) is 1.00. The molecule has 0 nitrogen and oxygen atoms in total. The summed E-state index contributed by atoms with van der Waals surface area (Å²) in [7, 11) is 0. The number of hydrogen-bond donors (Lipinski definition) is 0. The maximum Gasteiger partial charge on any atom is -0.0445 e. The first-order valence-corrected chi connectivity index (χ1v) is 6.08. The van der Waals surface area contributed by atoms with Crippen LogP contribution in [0.5, 0.6) is 0 Å². The van der Waals surface area contributed by atoms with Gasteiger partial charge in [-0.05, 0) is 11.8 Å². The van der Waals surface area contributed by atoms with E-state index in [2.05, 4.69) is 41.5 Å². The van der Waals surface area contributed by atoms with Gasteiger partial charge in [-0.25, -0.2) is 0 Å². The van der Waals surface area contributed by atoms with Crippen LogP contribution in [0.1, 0.15) is 73.6 Å². The van der Waals surface area contributed by atoms with Gasteiger partial charge in [-0.15, -0.1) is 0 Å². The Balaban J connectivity index is 0. The average molecular weight is 186 g/mol. The SMILES string of the molecule is CCC(C)C.CCCCC(C)CC. The third-order valence-corrected chi connectivity index (χ3v) is 2.56. The largest absolute Gasteiger partial charge is 0.0654 e. The summed E-state index contributed by atoms with van der Waals surface area (Å²) >= 11 is 0. The third kappa shape index (κ3) is 18.8. The molecule has 1 atom stereocenters. The summed E-state index contributed by atoms with van der Waals surface area (Å²) in [5, 5.41) is 0. The van der Waals surface area contributed by atoms with Crippen molar-refractivity contribution >= 4 is 0 Å². The standard InChI is InChI=1S/C8H18.C5H12/c1-4-6-7-8(3)5-2;1-4-5(2)3/h8H,4-7H2,1-3H3;5H,4H2,1-3H3. The van der Waals surface area contributed by atoms with E-state index >= 15 is 0 Å². The smallest absolute Gasteiger partial charge is 0.0445 e. The van der Waals surface area contributed by atoms with Gasteiger partial charge in [0.2, 0.25) is 0 Å². The van der Waals surface area contributed by atoms with E-state index in [9.17, 15) is 0 Å². The van der Waals surface area contributed by atoms with Crippen LogP contribution in [0.3, 0.4) is 0 Å². The van der Waals surface area contributed by atoms with E-state index in [0.29, 0.717) is 0 Å². The highest BCUT2D eigenvalue weighted by atomic mass is 14.0. The lowest BCUT2D eigenvalue weighted by Gasteiger charge is -2.04. The van der Waals surface area contributed by atoms with E-state index in [1.54, 1.807) is 0 Å². The van der Waals surface area contributed by atoms with Gasteiger partial charge in [0.1, 0.15) is 0 Å². The van der Waals surface area contributed by atoms with Crippen molar-refractivity contribution in [2.24, 2.45) is 11.8 Å². The zero-order valence-electron chi connectivity index (χ0n) is 10.7. The summed E-state index contributed by atoms with van der Waals surface area (Å²) in [6.45, 7) is 13.5. The highest BCUT2D eigenvalue weighted by Gasteiger charge is 1.94. The van der Waals surface area contributed by atoms with Crippen LogP contribution in [0.2, 0.25) is 0 Å². The number of unbranched alkanes of at least 4 members (excludes halogenated alkanes) is 1. The fourth-order valence-electron chi connectivity index (χ4n) is 0.757. The molecule has 0 bridgehead atoms. The first-order valence-electron chi connectivity index (χ1n) is 6.08. The summed E-state index contributed by atoms with van der Waals surface area (Å²) < 4.78 is 0. The minimum Gasteiger partial charge on any atom is -0.0654 e. The molecule has 0 aliphatic carbocycles. The topological polar surface area (TPSA) is 0 Å². The zero-order valence-corrected chi connectivity index (χ0v) is 10.7. The molecule has 0 amide bonds. The Kier molecular flexibility index (Phi) is 14.3. The van der Waals surface area contributed by atoms with Gasteiger partial charge in [0.15, 0.2) is 0 Å². The maximum absolute atomic E-state index is 2.33. The van der Waals surface area contributed by atoms with E-state index in [-0.39, 0.29) is 0 Å². The van der Waals surface area contributed by atoms with Crippen LogP contribution >= 0.6 is 0 Å². The molecule has 0 aromatic rings. The van der Waals surface area contributed by atoms with Crippen LogP contribution in [0.15, 0.2) is 0 Å². The van der Waals surface area contributed by atoms with Gasteiger partial charge in [-0.3, -0.25) is 0 Å². The van der Waals surface area contributed by atoms with Crippen molar-refractivity contribution in [2.45, 2.75) is 73.6 Å². The van der Waals surface area contributed by atoms with E-state index in [0.717, 1.165) is 11.8 Å². The van der Waals surface area contributed by atoms with E-state index in [1.165, 1.54) is 32.1 Å². The Morgan fingerprint density at radius 3 is 1.54 bits per heavy atom. The summed E-state index contributed by atoms with van der Waals surface area (Å²) in [5.41, 5.74) is 0. The molecule has 13 heavy (non-hydrogen) atoms. The van der Waals surface area contributed by atoms with Gasteiger partial charge in [0, 0.05) is 0 Å². The highest BCUT2D eigenvalue weighted by molar-refractivity contribution is 4.47. The van der Waals surface area contributed by atoms with Crippen LogP contribution in [0.4, 0.5) is 0 Å². The van der Waals surface area contributed by atoms with Crippen LogP contribution in [0, 0.1) is 11.8 Å². The van der Waals surface area contributed by atoms with Crippen molar-refractivity contribution in [3.05, 3.63) is 0 Å². The van der Waals surface area contributed by atoms with Crippen molar-refractivity contribution in [3.63, 3.8) is 0 Å². The average Bonchev–Trinajstić information content (AvgIpc) is 2.15. The van der Waals surface area contributed by atoms with Crippen molar-refractivity contribution < 1.29 is 0 Å². The monoisotopic (exact) mass is 186 g/mol. The Labute approximate surface area is 86.1 Å². The van der Waals surface area contributed by atoms with Gasteiger partial charge in [0.05, 0.1) is 0 Å². The van der Waals surface area contributed by atoms with Gasteiger partial charge in [0.25, 0.3) is 0 Å². The fourth-order valence-corrected chi connectivity index (χ4v) is 0.757. The first kappa shape index (κ1) is 15.5. The molecule has 0 heteroatoms. The molecule has 0 saturated heterocycles. The first-order chi connectivity index (χ1) is 6.08. The van der Waals surface area contributed by atoms with Gasteiger partial charge < -0.3 is 0 Å². The highest BCUT2D eigenvalue weighted by Crippen LogP contribution is 2.09. The van der Waals surface area contributed by atoms with Crippen LogP contribution in [-0.4, -0.2) is 0 Å². The van der Waals surface area contributed by atoms with Crippen molar-refractivity contribution in [3.8, 4) is 0 Å². The molecule has 0 fully saturated rings. The predicted molar refractivity (Wildman–Crippen MR) is 64.1 cm³/mol. The molecular weight excluding hydrogens is 156 g/mol. The number of rotatable bonds is 5. The molecule has 0 heterocycles. The molecule has 1 unspecified atom stereocenters. The molecule has 0 aliphatic heterocycles. The minimum atomic E-state index is 0.884. The molecule has 0 rings (SSSR count). The molecule has 0 aromatic heterocycles. The summed E-state index contributed by atoms with van der Waals surface area (Å²) in [6, 6.07) is 0. The molecular formula is C13H30. The second-order valence-electron chi connectivity index (χ2n) is 4.46. The Bertz CT molecular complexity index is 74.1. The molecule has 0 radical (unpaired) electrons. The van der Waals surface area contributed by atoms with E-state index < -0.39 is 0 Å². The minimum absolute atomic E-state index is 0.884. The third-order valence-electron chi connectivity index (χ3n) is 2.56. The van der Waals surface area contributed by atoms with Crippen molar-refractivity contribution in [1.82, 2.24) is 0 Å². The van der Waals surface area contributed by atoms with Crippen molar-refractivity contribution in [2.75, 3.05) is 0 Å². The van der Waals surface area contributed by atoms with Crippen LogP contribution in [-0.2, 0) is 0 Å². The lowest BCUT2D eigenvalue weighted by Crippen LogP contribution is -1.89. The Morgan fingerprint density at radius 1 is 0.846 bits per heavy atom. The van der Waals surface area contributed by atoms with Crippen molar-refractivity contribution in [1.29, 1.82) is 0 Å². The molecule has 0 N–H and O–H groups in total. The molecule has 0 aromatic carbocycles. The predicted octanol–water partition coefficient (Wildman–Crippen LogP) is 5.28. The quantitative estimate of drug-likeness (QED) is 0.548. The Morgan fingerprint density at radius 2 is 1.31 bits per heavy atom. The molecule has 0 aliphatic rings. The van der Waals surface area contributed by atoms with Gasteiger partial charge >= 0.3 is 0 Å². The second kappa shape index (κ2) is 12.0. The summed E-state index contributed by atoms with van der Waals surface area (Å²) in [6.07, 6.45) is 6.84. The van der Waals surface area contributed by atoms with E-state index in [1.807, 2.05) is 0 Å².